The third kappa shape index (κ3) is 4.65. The maximum absolute atomic E-state index is 12.7. The van der Waals surface area contributed by atoms with Gasteiger partial charge in [-0.15, -0.1) is 0 Å². The number of carbonyl (C=O) groups excluding carboxylic acids is 1. The molecule has 3 heterocycles. The summed E-state index contributed by atoms with van der Waals surface area (Å²) in [6.07, 6.45) is 4.35. The lowest BCUT2D eigenvalue weighted by Gasteiger charge is -2.30. The summed E-state index contributed by atoms with van der Waals surface area (Å²) in [5, 5.41) is 15.5. The molecule has 1 saturated heterocycles. The van der Waals surface area contributed by atoms with Crippen LogP contribution in [-0.2, 0) is 0 Å². The normalized spacial score (nSPS) is 14.6. The maximum Gasteiger partial charge on any atom is 0.273 e. The number of nitrogens with zero attached hydrogens (tertiary/aromatic N) is 4. The first-order chi connectivity index (χ1) is 15.5. The summed E-state index contributed by atoms with van der Waals surface area (Å²) >= 11 is 6.12. The second-order valence-corrected chi connectivity index (χ2v) is 8.51. The number of benzene rings is 1. The molecule has 3 aromatic rings. The Morgan fingerprint density at radius 3 is 2.78 bits per heavy atom. The van der Waals surface area contributed by atoms with Gasteiger partial charge in [0.1, 0.15) is 5.69 Å². The largest absolute Gasteiger partial charge is 0.382 e. The quantitative estimate of drug-likeness (QED) is 0.528. The molecule has 32 heavy (non-hydrogen) atoms. The minimum Gasteiger partial charge on any atom is -0.382 e. The summed E-state index contributed by atoms with van der Waals surface area (Å²) in [6, 6.07) is 9.31. The van der Waals surface area contributed by atoms with Crippen molar-refractivity contribution >= 4 is 29.4 Å². The molecule has 0 atom stereocenters. The average molecular weight is 453 g/mol. The summed E-state index contributed by atoms with van der Waals surface area (Å²) in [6.45, 7) is 5.24. The van der Waals surface area contributed by atoms with Crippen LogP contribution in [0.5, 0.6) is 0 Å². The van der Waals surface area contributed by atoms with E-state index in [4.69, 9.17) is 21.5 Å². The molecular formula is C23H25ClN6O2. The predicted octanol–water partition coefficient (Wildman–Crippen LogP) is 4.62. The molecule has 1 aliphatic heterocycles. The number of carbonyl (C=O) groups is 1. The summed E-state index contributed by atoms with van der Waals surface area (Å²) in [4.78, 5) is 23.2. The zero-order valence-electron chi connectivity index (χ0n) is 18.0. The van der Waals surface area contributed by atoms with Crippen LogP contribution in [0.3, 0.4) is 0 Å². The van der Waals surface area contributed by atoms with Crippen molar-refractivity contribution in [3.05, 3.63) is 58.7 Å². The molecule has 1 fully saturated rings. The Morgan fingerprint density at radius 1 is 1.31 bits per heavy atom. The first kappa shape index (κ1) is 22.0. The summed E-state index contributed by atoms with van der Waals surface area (Å²) in [7, 11) is 0. The third-order valence-corrected chi connectivity index (χ3v) is 5.75. The van der Waals surface area contributed by atoms with E-state index in [2.05, 4.69) is 20.4 Å². The topological polar surface area (TPSA) is 108 Å². The Bertz CT molecular complexity index is 1120. The Kier molecular flexibility index (Phi) is 6.50. The van der Waals surface area contributed by atoms with Gasteiger partial charge in [0.2, 0.25) is 11.7 Å². The number of anilines is 1. The van der Waals surface area contributed by atoms with Gasteiger partial charge in [-0.2, -0.15) is 4.98 Å². The molecule has 4 rings (SSSR count). The van der Waals surface area contributed by atoms with E-state index in [1.807, 2.05) is 32.0 Å². The molecule has 9 heteroatoms. The van der Waals surface area contributed by atoms with Gasteiger partial charge in [-0.3, -0.25) is 4.79 Å². The molecule has 0 radical (unpaired) electrons. The van der Waals surface area contributed by atoms with Gasteiger partial charge in [0.25, 0.3) is 5.91 Å². The SMILES string of the molecule is CC(C)Nc1cc(-c2noc(C3CCN(C(=O)c4ncccc4Cl)CC3)n2)ccc1C=N. The Labute approximate surface area is 191 Å². The molecule has 8 nitrogen and oxygen atoms in total. The Hall–Kier alpha value is -3.26. The molecule has 1 aromatic carbocycles. The highest BCUT2D eigenvalue weighted by atomic mass is 35.5. The van der Waals surface area contributed by atoms with Gasteiger partial charge in [0.05, 0.1) is 5.02 Å². The van der Waals surface area contributed by atoms with Crippen molar-refractivity contribution in [2.75, 3.05) is 18.4 Å². The number of rotatable bonds is 6. The molecular weight excluding hydrogens is 428 g/mol. The van der Waals surface area contributed by atoms with Crippen LogP contribution in [0.25, 0.3) is 11.4 Å². The highest BCUT2D eigenvalue weighted by Crippen LogP contribution is 2.30. The van der Waals surface area contributed by atoms with Crippen molar-refractivity contribution in [1.29, 1.82) is 5.41 Å². The number of hydrogen-bond donors (Lipinski definition) is 2. The van der Waals surface area contributed by atoms with Crippen LogP contribution in [0.15, 0.2) is 41.1 Å². The molecule has 1 amide bonds. The van der Waals surface area contributed by atoms with Gasteiger partial charge in [0, 0.05) is 54.3 Å². The lowest BCUT2D eigenvalue weighted by molar-refractivity contribution is 0.0699. The van der Waals surface area contributed by atoms with Crippen LogP contribution < -0.4 is 5.32 Å². The van der Waals surface area contributed by atoms with E-state index in [1.165, 1.54) is 6.21 Å². The van der Waals surface area contributed by atoms with E-state index in [0.717, 1.165) is 29.7 Å². The fourth-order valence-electron chi connectivity index (χ4n) is 3.80. The van der Waals surface area contributed by atoms with Crippen LogP contribution in [0, 0.1) is 5.41 Å². The van der Waals surface area contributed by atoms with E-state index < -0.39 is 0 Å². The van der Waals surface area contributed by atoms with Gasteiger partial charge >= 0.3 is 0 Å². The number of amides is 1. The first-order valence-electron chi connectivity index (χ1n) is 10.6. The molecule has 0 unspecified atom stereocenters. The minimum atomic E-state index is -0.156. The van der Waals surface area contributed by atoms with Gasteiger partial charge in [-0.25, -0.2) is 4.98 Å². The monoisotopic (exact) mass is 452 g/mol. The second kappa shape index (κ2) is 9.48. The molecule has 0 spiro atoms. The number of pyridine rings is 1. The maximum atomic E-state index is 12.7. The van der Waals surface area contributed by atoms with E-state index in [-0.39, 0.29) is 23.6 Å². The molecule has 0 aliphatic carbocycles. The first-order valence-corrected chi connectivity index (χ1v) is 11.0. The van der Waals surface area contributed by atoms with Crippen LogP contribution in [0.4, 0.5) is 5.69 Å². The van der Waals surface area contributed by atoms with E-state index in [1.54, 1.807) is 23.2 Å². The number of piperidine rings is 1. The van der Waals surface area contributed by atoms with Crippen molar-refractivity contribution in [3.8, 4) is 11.4 Å². The molecule has 166 valence electrons. The number of nitrogens with one attached hydrogen (secondary N) is 2. The zero-order valence-corrected chi connectivity index (χ0v) is 18.8. The van der Waals surface area contributed by atoms with E-state index in [9.17, 15) is 4.79 Å². The van der Waals surface area contributed by atoms with Crippen LogP contribution in [0.1, 0.15) is 54.5 Å². The highest BCUT2D eigenvalue weighted by Gasteiger charge is 2.29. The number of aromatic nitrogens is 3. The van der Waals surface area contributed by atoms with Gasteiger partial charge in [0.15, 0.2) is 0 Å². The fourth-order valence-corrected chi connectivity index (χ4v) is 4.00. The summed E-state index contributed by atoms with van der Waals surface area (Å²) in [5.41, 5.74) is 2.77. The van der Waals surface area contributed by atoms with E-state index >= 15 is 0 Å². The van der Waals surface area contributed by atoms with Crippen LogP contribution in [-0.4, -0.2) is 51.3 Å². The van der Waals surface area contributed by atoms with Gasteiger partial charge < -0.3 is 20.1 Å². The van der Waals surface area contributed by atoms with E-state index in [0.29, 0.717) is 29.8 Å². The van der Waals surface area contributed by atoms with Crippen molar-refractivity contribution in [2.45, 2.75) is 38.6 Å². The minimum absolute atomic E-state index is 0.0913. The number of halogens is 1. The lowest BCUT2D eigenvalue weighted by Crippen LogP contribution is -2.38. The molecule has 2 N–H and O–H groups in total. The van der Waals surface area contributed by atoms with Crippen molar-refractivity contribution in [2.24, 2.45) is 0 Å². The molecule has 1 aliphatic rings. The van der Waals surface area contributed by atoms with Crippen molar-refractivity contribution in [3.63, 3.8) is 0 Å². The Morgan fingerprint density at radius 2 is 2.09 bits per heavy atom. The summed E-state index contributed by atoms with van der Waals surface area (Å²) < 4.78 is 5.57. The second-order valence-electron chi connectivity index (χ2n) is 8.10. The smallest absolute Gasteiger partial charge is 0.273 e. The van der Waals surface area contributed by atoms with Crippen LogP contribution in [0.2, 0.25) is 5.02 Å². The number of hydrogen-bond acceptors (Lipinski definition) is 7. The highest BCUT2D eigenvalue weighted by molar-refractivity contribution is 6.33. The molecule has 0 bridgehead atoms. The van der Waals surface area contributed by atoms with Crippen molar-refractivity contribution < 1.29 is 9.32 Å². The van der Waals surface area contributed by atoms with Crippen molar-refractivity contribution in [1.82, 2.24) is 20.0 Å². The average Bonchev–Trinajstić information content (AvgIpc) is 3.29. The van der Waals surface area contributed by atoms with Gasteiger partial charge in [-0.05, 0) is 44.9 Å². The fraction of sp³-hybridized carbons (Fsp3) is 0.348. The molecule has 0 saturated carbocycles. The van der Waals surface area contributed by atoms with Gasteiger partial charge in [-0.1, -0.05) is 28.9 Å². The number of likely N-dealkylation sites (tertiary alicyclic amines) is 1. The zero-order chi connectivity index (χ0) is 22.7. The third-order valence-electron chi connectivity index (χ3n) is 5.45. The van der Waals surface area contributed by atoms with Crippen LogP contribution >= 0.6 is 11.6 Å². The standard InChI is InChI=1S/C23H25ClN6O2/c1-14(2)27-19-12-16(5-6-17(19)13-25)21-28-22(32-29-21)15-7-10-30(11-8-15)23(31)20-18(24)4-3-9-26-20/h3-6,9,12-15,25,27H,7-8,10-11H2,1-2H3. The molecule has 2 aromatic heterocycles. The predicted molar refractivity (Wildman–Crippen MR) is 124 cm³/mol. The Balaban J connectivity index is 1.44. The lowest BCUT2D eigenvalue weighted by atomic mass is 9.96. The summed E-state index contributed by atoms with van der Waals surface area (Å²) in [5.74, 6) is 1.03.